The maximum absolute atomic E-state index is 13.3. The molecule has 1 N–H and O–H groups in total. The summed E-state index contributed by atoms with van der Waals surface area (Å²) in [5, 5.41) is 2.77. The number of ether oxygens (including phenoxy) is 3. The van der Waals surface area contributed by atoms with E-state index in [1.54, 1.807) is 44.4 Å². The van der Waals surface area contributed by atoms with Crippen molar-refractivity contribution in [3.05, 3.63) is 76.8 Å². The van der Waals surface area contributed by atoms with Gasteiger partial charge in [0.25, 0.3) is 0 Å². The third-order valence-corrected chi connectivity index (χ3v) is 7.57. The highest BCUT2D eigenvalue weighted by molar-refractivity contribution is 9.10. The van der Waals surface area contributed by atoms with Crippen molar-refractivity contribution in [3.8, 4) is 17.2 Å². The molecule has 1 aliphatic rings. The van der Waals surface area contributed by atoms with Gasteiger partial charge in [0.2, 0.25) is 11.8 Å². The van der Waals surface area contributed by atoms with Gasteiger partial charge >= 0.3 is 0 Å². The average Bonchev–Trinajstić information content (AvgIpc) is 2.92. The standard InChI is InChI=1S/C28H28BrN3O5S/c1-35-22-10-8-20(9-11-22)31-28-32(14-13-18-7-12-23(36-2)24(15-18)37-3)26(33)17-25(38-28)27(34)30-21-6-4-5-19(29)16-21/h4-12,15-16,25H,13-14,17H2,1-3H3,(H,30,34). The predicted octanol–water partition coefficient (Wildman–Crippen LogP) is 5.68. The summed E-state index contributed by atoms with van der Waals surface area (Å²) in [6, 6.07) is 20.3. The lowest BCUT2D eigenvalue weighted by atomic mass is 10.1. The van der Waals surface area contributed by atoms with Crippen LogP contribution in [0.25, 0.3) is 0 Å². The minimum atomic E-state index is -0.615. The SMILES string of the molecule is COc1ccc(N=C2SC(C(=O)Nc3cccc(Br)c3)CC(=O)N2CCc2ccc(OC)c(OC)c2)cc1. The summed E-state index contributed by atoms with van der Waals surface area (Å²) in [6.45, 7) is 0.399. The van der Waals surface area contributed by atoms with Gasteiger partial charge in [-0.15, -0.1) is 0 Å². The number of amidine groups is 1. The Kier molecular flexibility index (Phi) is 9.30. The molecule has 1 atom stereocenters. The number of carbonyl (C=O) groups is 2. The van der Waals surface area contributed by atoms with Crippen LogP contribution in [0.1, 0.15) is 12.0 Å². The van der Waals surface area contributed by atoms with Gasteiger partial charge in [-0.25, -0.2) is 4.99 Å². The fourth-order valence-electron chi connectivity index (χ4n) is 3.89. The Hall–Kier alpha value is -3.50. The largest absolute Gasteiger partial charge is 0.497 e. The van der Waals surface area contributed by atoms with E-state index in [1.165, 1.54) is 11.8 Å². The van der Waals surface area contributed by atoms with E-state index in [4.69, 9.17) is 19.2 Å². The van der Waals surface area contributed by atoms with Gasteiger partial charge in [-0.2, -0.15) is 0 Å². The number of aliphatic imine (C=N–C) groups is 1. The molecule has 1 saturated heterocycles. The number of thioether (sulfide) groups is 1. The number of nitrogens with zero attached hydrogens (tertiary/aromatic N) is 2. The Labute approximate surface area is 234 Å². The molecular weight excluding hydrogens is 570 g/mol. The number of methoxy groups -OCH3 is 3. The van der Waals surface area contributed by atoms with Crippen LogP contribution in [-0.2, 0) is 16.0 Å². The van der Waals surface area contributed by atoms with E-state index in [2.05, 4.69) is 21.2 Å². The number of amides is 2. The lowest BCUT2D eigenvalue weighted by Gasteiger charge is -2.32. The number of carbonyl (C=O) groups excluding carboxylic acids is 2. The highest BCUT2D eigenvalue weighted by Crippen LogP contribution is 2.32. The number of rotatable bonds is 9. The zero-order valence-electron chi connectivity index (χ0n) is 21.3. The molecule has 3 aromatic carbocycles. The number of anilines is 1. The van der Waals surface area contributed by atoms with E-state index in [-0.39, 0.29) is 18.2 Å². The molecule has 2 amide bonds. The first kappa shape index (κ1) is 27.5. The summed E-state index contributed by atoms with van der Waals surface area (Å²) in [5.41, 5.74) is 2.30. The van der Waals surface area contributed by atoms with E-state index in [9.17, 15) is 9.59 Å². The molecule has 1 fully saturated rings. The summed E-state index contributed by atoms with van der Waals surface area (Å²) in [7, 11) is 4.78. The summed E-state index contributed by atoms with van der Waals surface area (Å²) in [6.07, 6.45) is 0.640. The maximum atomic E-state index is 13.3. The van der Waals surface area contributed by atoms with E-state index >= 15 is 0 Å². The van der Waals surface area contributed by atoms with Crippen LogP contribution in [-0.4, -0.2) is 55.0 Å². The minimum Gasteiger partial charge on any atom is -0.497 e. The fourth-order valence-corrected chi connectivity index (χ4v) is 5.42. The van der Waals surface area contributed by atoms with Gasteiger partial charge in [-0.3, -0.25) is 14.5 Å². The third-order valence-electron chi connectivity index (χ3n) is 5.89. The van der Waals surface area contributed by atoms with Gasteiger partial charge in [0.1, 0.15) is 11.0 Å². The van der Waals surface area contributed by atoms with Crippen LogP contribution >= 0.6 is 27.7 Å². The molecule has 8 nitrogen and oxygen atoms in total. The molecule has 0 bridgehead atoms. The van der Waals surface area contributed by atoms with Crippen molar-refractivity contribution in [2.75, 3.05) is 33.2 Å². The van der Waals surface area contributed by atoms with Crippen LogP contribution < -0.4 is 19.5 Å². The second kappa shape index (κ2) is 12.8. The van der Waals surface area contributed by atoms with Gasteiger partial charge in [0, 0.05) is 23.1 Å². The molecule has 1 aliphatic heterocycles. The van der Waals surface area contributed by atoms with Crippen molar-refractivity contribution >= 4 is 56.0 Å². The summed E-state index contributed by atoms with van der Waals surface area (Å²) in [5.74, 6) is 1.56. The van der Waals surface area contributed by atoms with Gasteiger partial charge in [0.05, 0.1) is 27.0 Å². The van der Waals surface area contributed by atoms with Crippen LogP contribution in [0, 0.1) is 0 Å². The quantitative estimate of drug-likeness (QED) is 0.341. The van der Waals surface area contributed by atoms with Crippen LogP contribution in [0.2, 0.25) is 0 Å². The number of benzene rings is 3. The van der Waals surface area contributed by atoms with Gasteiger partial charge in [-0.05, 0) is 66.6 Å². The molecule has 0 aliphatic carbocycles. The first-order chi connectivity index (χ1) is 18.4. The Morgan fingerprint density at radius 2 is 1.79 bits per heavy atom. The van der Waals surface area contributed by atoms with Crippen molar-refractivity contribution < 1.29 is 23.8 Å². The average molecular weight is 599 g/mol. The number of nitrogens with one attached hydrogen (secondary N) is 1. The highest BCUT2D eigenvalue weighted by atomic mass is 79.9. The Morgan fingerprint density at radius 1 is 1.03 bits per heavy atom. The first-order valence-electron chi connectivity index (χ1n) is 11.9. The van der Waals surface area contributed by atoms with Crippen molar-refractivity contribution in [2.24, 2.45) is 4.99 Å². The predicted molar refractivity (Wildman–Crippen MR) is 154 cm³/mol. The Balaban J connectivity index is 1.56. The van der Waals surface area contributed by atoms with E-state index in [0.29, 0.717) is 46.8 Å². The van der Waals surface area contributed by atoms with Gasteiger partial charge < -0.3 is 19.5 Å². The summed E-state index contributed by atoms with van der Waals surface area (Å²) in [4.78, 5) is 32.8. The van der Waals surface area contributed by atoms with Crippen molar-refractivity contribution in [2.45, 2.75) is 18.1 Å². The van der Waals surface area contributed by atoms with Crippen molar-refractivity contribution in [3.63, 3.8) is 0 Å². The van der Waals surface area contributed by atoms with Gasteiger partial charge in [-0.1, -0.05) is 39.8 Å². The zero-order valence-corrected chi connectivity index (χ0v) is 23.7. The Morgan fingerprint density at radius 3 is 2.47 bits per heavy atom. The normalized spacial score (nSPS) is 16.3. The molecule has 0 spiro atoms. The lowest BCUT2D eigenvalue weighted by Crippen LogP contribution is -2.46. The van der Waals surface area contributed by atoms with Crippen LogP contribution in [0.3, 0.4) is 0 Å². The van der Waals surface area contributed by atoms with Crippen LogP contribution in [0.5, 0.6) is 17.2 Å². The highest BCUT2D eigenvalue weighted by Gasteiger charge is 2.36. The lowest BCUT2D eigenvalue weighted by molar-refractivity contribution is -0.129. The summed E-state index contributed by atoms with van der Waals surface area (Å²) >= 11 is 4.70. The number of hydrogen-bond donors (Lipinski definition) is 1. The van der Waals surface area contributed by atoms with Crippen molar-refractivity contribution in [1.29, 1.82) is 0 Å². The van der Waals surface area contributed by atoms with E-state index in [1.807, 2.05) is 48.5 Å². The monoisotopic (exact) mass is 597 g/mol. The van der Waals surface area contributed by atoms with Crippen LogP contribution in [0.4, 0.5) is 11.4 Å². The van der Waals surface area contributed by atoms with Crippen LogP contribution in [0.15, 0.2) is 76.2 Å². The first-order valence-corrected chi connectivity index (χ1v) is 13.5. The van der Waals surface area contributed by atoms with Crippen molar-refractivity contribution in [1.82, 2.24) is 4.90 Å². The second-order valence-electron chi connectivity index (χ2n) is 8.39. The molecular formula is C28H28BrN3O5S. The molecule has 0 saturated carbocycles. The molecule has 0 aromatic heterocycles. The molecule has 198 valence electrons. The molecule has 1 unspecified atom stereocenters. The molecule has 4 rings (SSSR count). The smallest absolute Gasteiger partial charge is 0.238 e. The van der Waals surface area contributed by atoms with E-state index in [0.717, 1.165) is 10.0 Å². The molecule has 1 heterocycles. The number of halogens is 1. The maximum Gasteiger partial charge on any atom is 0.238 e. The summed E-state index contributed by atoms with van der Waals surface area (Å²) < 4.78 is 16.8. The molecule has 10 heteroatoms. The topological polar surface area (TPSA) is 89.5 Å². The minimum absolute atomic E-state index is 0.0675. The second-order valence-corrected chi connectivity index (χ2v) is 10.5. The molecule has 3 aromatic rings. The third kappa shape index (κ3) is 6.87. The number of hydrogen-bond acceptors (Lipinski definition) is 7. The Bertz CT molecular complexity index is 1330. The van der Waals surface area contributed by atoms with Gasteiger partial charge in [0.15, 0.2) is 16.7 Å². The molecule has 0 radical (unpaired) electrons. The fraction of sp³-hybridized carbons (Fsp3) is 0.250. The zero-order chi connectivity index (χ0) is 27.1. The van der Waals surface area contributed by atoms with E-state index < -0.39 is 5.25 Å². The molecule has 38 heavy (non-hydrogen) atoms.